The molecular weight excluding hydrogens is 410 g/mol. The first-order valence-electron chi connectivity index (χ1n) is 8.51. The molecule has 1 saturated heterocycles. The van der Waals surface area contributed by atoms with Gasteiger partial charge in [-0.2, -0.15) is 4.31 Å². The number of piperidine rings is 1. The molecule has 1 unspecified atom stereocenters. The number of aryl methyl sites for hydroxylation is 2. The Balaban J connectivity index is 1.65. The summed E-state index contributed by atoms with van der Waals surface area (Å²) >= 11 is 0.957. The smallest absolute Gasteiger partial charge is 0.324 e. The molecule has 0 radical (unpaired) electrons. The Morgan fingerprint density at radius 1 is 1.50 bits per heavy atom. The van der Waals surface area contributed by atoms with Crippen LogP contribution in [0.3, 0.4) is 0 Å². The van der Waals surface area contributed by atoms with Crippen LogP contribution >= 0.6 is 11.3 Å². The lowest BCUT2D eigenvalue weighted by atomic mass is 10.00. The quantitative estimate of drug-likeness (QED) is 0.388. The molecule has 1 aliphatic rings. The van der Waals surface area contributed by atoms with Crippen molar-refractivity contribution < 1.29 is 27.4 Å². The molecule has 28 heavy (non-hydrogen) atoms. The minimum Gasteiger partial charge on any atom is -0.461 e. The predicted octanol–water partition coefficient (Wildman–Crippen LogP) is 2.41. The van der Waals surface area contributed by atoms with Gasteiger partial charge in [-0.3, -0.25) is 14.9 Å². The van der Waals surface area contributed by atoms with Gasteiger partial charge in [0, 0.05) is 30.1 Å². The van der Waals surface area contributed by atoms with Gasteiger partial charge in [0.25, 0.3) is 0 Å². The highest BCUT2D eigenvalue weighted by Gasteiger charge is 2.37. The molecule has 0 saturated carbocycles. The number of sulfonamides is 1. The highest BCUT2D eigenvalue weighted by atomic mass is 32.2. The van der Waals surface area contributed by atoms with Gasteiger partial charge in [0.2, 0.25) is 10.0 Å². The van der Waals surface area contributed by atoms with Gasteiger partial charge >= 0.3 is 11.0 Å². The van der Waals surface area contributed by atoms with E-state index >= 15 is 0 Å². The molecule has 0 spiro atoms. The summed E-state index contributed by atoms with van der Waals surface area (Å²) in [5.74, 6) is -0.911. The van der Waals surface area contributed by atoms with Crippen molar-refractivity contribution in [2.75, 3.05) is 13.1 Å². The lowest BCUT2D eigenvalue weighted by Gasteiger charge is -2.30. The zero-order valence-corrected chi connectivity index (χ0v) is 16.9. The number of carbonyl (C=O) groups excluding carboxylic acids is 1. The summed E-state index contributed by atoms with van der Waals surface area (Å²) in [7, 11) is -3.82. The van der Waals surface area contributed by atoms with Gasteiger partial charge in [-0.15, -0.1) is 0 Å². The molecule has 1 atom stereocenters. The molecule has 2 aromatic rings. The van der Waals surface area contributed by atoms with E-state index in [1.165, 1.54) is 17.3 Å². The normalized spacial score (nSPS) is 18.1. The Morgan fingerprint density at radius 3 is 2.86 bits per heavy atom. The van der Waals surface area contributed by atoms with Crippen LogP contribution in [0.5, 0.6) is 0 Å². The molecule has 3 heterocycles. The molecule has 0 N–H and O–H groups in total. The number of aromatic nitrogens is 1. The SMILES string of the molecule is Cc1noc(C)c1S(=O)(=O)N1CCCC(C(=O)OCc2csc([N+](=O)[O-])c2)C1. The lowest BCUT2D eigenvalue weighted by molar-refractivity contribution is -0.380. The fraction of sp³-hybridized carbons (Fsp3) is 0.500. The Bertz CT molecular complexity index is 976. The van der Waals surface area contributed by atoms with Crippen LogP contribution in [-0.4, -0.2) is 41.9 Å². The van der Waals surface area contributed by atoms with E-state index in [1.54, 1.807) is 12.3 Å². The number of rotatable bonds is 6. The highest BCUT2D eigenvalue weighted by molar-refractivity contribution is 7.89. The first-order chi connectivity index (χ1) is 13.2. The standard InChI is InChI=1S/C16H19N3O7S2/c1-10-15(11(2)26-17-10)28(23,24)18-5-3-4-13(7-18)16(20)25-8-12-6-14(19(21)22)27-9-12/h6,9,13H,3-5,7-8H2,1-2H3. The summed E-state index contributed by atoms with van der Waals surface area (Å²) in [5.41, 5.74) is 0.808. The third kappa shape index (κ3) is 4.08. The summed E-state index contributed by atoms with van der Waals surface area (Å²) in [6.07, 6.45) is 1.03. The monoisotopic (exact) mass is 429 g/mol. The van der Waals surface area contributed by atoms with Crippen LogP contribution in [0.1, 0.15) is 29.9 Å². The number of thiophene rings is 1. The summed E-state index contributed by atoms with van der Waals surface area (Å²) in [5, 5.41) is 15.9. The predicted molar refractivity (Wildman–Crippen MR) is 98.2 cm³/mol. The Labute approximate surface area is 165 Å². The van der Waals surface area contributed by atoms with Crippen molar-refractivity contribution in [3.63, 3.8) is 0 Å². The van der Waals surface area contributed by atoms with E-state index in [4.69, 9.17) is 9.26 Å². The van der Waals surface area contributed by atoms with E-state index < -0.39 is 26.8 Å². The summed E-state index contributed by atoms with van der Waals surface area (Å²) in [4.78, 5) is 22.6. The number of nitrogens with zero attached hydrogens (tertiary/aromatic N) is 3. The second-order valence-electron chi connectivity index (χ2n) is 6.51. The van der Waals surface area contributed by atoms with Gasteiger partial charge < -0.3 is 9.26 Å². The molecule has 3 rings (SSSR count). The summed E-state index contributed by atoms with van der Waals surface area (Å²) < 4.78 is 37.3. The fourth-order valence-electron chi connectivity index (χ4n) is 3.13. The minimum absolute atomic E-state index is 0.00894. The van der Waals surface area contributed by atoms with E-state index in [0.29, 0.717) is 24.9 Å². The molecule has 0 amide bonds. The number of hydrogen-bond donors (Lipinski definition) is 0. The van der Waals surface area contributed by atoms with Crippen molar-refractivity contribution in [1.29, 1.82) is 0 Å². The van der Waals surface area contributed by atoms with E-state index in [9.17, 15) is 23.3 Å². The fourth-order valence-corrected chi connectivity index (χ4v) is 5.66. The third-order valence-electron chi connectivity index (χ3n) is 4.48. The van der Waals surface area contributed by atoms with Gasteiger partial charge in [-0.05, 0) is 26.7 Å². The first kappa shape index (κ1) is 20.4. The van der Waals surface area contributed by atoms with Crippen LogP contribution in [0.15, 0.2) is 20.9 Å². The van der Waals surface area contributed by atoms with E-state index in [0.717, 1.165) is 11.3 Å². The Kier molecular flexibility index (Phi) is 5.82. The number of ether oxygens (including phenoxy) is 1. The molecule has 0 aliphatic carbocycles. The topological polar surface area (TPSA) is 133 Å². The van der Waals surface area contributed by atoms with Crippen LogP contribution in [0.2, 0.25) is 0 Å². The maximum atomic E-state index is 12.9. The van der Waals surface area contributed by atoms with Crippen molar-refractivity contribution in [1.82, 2.24) is 9.46 Å². The summed E-state index contributed by atoms with van der Waals surface area (Å²) in [6.45, 7) is 3.31. The molecule has 1 fully saturated rings. The zero-order valence-electron chi connectivity index (χ0n) is 15.3. The molecular formula is C16H19N3O7S2. The molecule has 0 bridgehead atoms. The number of nitro groups is 1. The molecule has 0 aromatic carbocycles. The first-order valence-corrected chi connectivity index (χ1v) is 10.8. The third-order valence-corrected chi connectivity index (χ3v) is 7.52. The van der Waals surface area contributed by atoms with Gasteiger partial charge in [0.05, 0.1) is 10.8 Å². The number of carbonyl (C=O) groups is 1. The second-order valence-corrected chi connectivity index (χ2v) is 9.28. The van der Waals surface area contributed by atoms with Gasteiger partial charge in [0.15, 0.2) is 5.76 Å². The average molecular weight is 429 g/mol. The van der Waals surface area contributed by atoms with Crippen LogP contribution in [0.4, 0.5) is 5.00 Å². The van der Waals surface area contributed by atoms with Crippen LogP contribution < -0.4 is 0 Å². The van der Waals surface area contributed by atoms with Crippen LogP contribution in [0.25, 0.3) is 0 Å². The number of esters is 1. The van der Waals surface area contributed by atoms with Crippen LogP contribution in [-0.2, 0) is 26.2 Å². The maximum Gasteiger partial charge on any atom is 0.324 e. The van der Waals surface area contributed by atoms with Crippen molar-refractivity contribution >= 4 is 32.3 Å². The number of hydrogen-bond acceptors (Lipinski definition) is 9. The lowest BCUT2D eigenvalue weighted by Crippen LogP contribution is -2.43. The van der Waals surface area contributed by atoms with Crippen LogP contribution in [0, 0.1) is 29.9 Å². The Morgan fingerprint density at radius 2 is 2.25 bits per heavy atom. The van der Waals surface area contributed by atoms with Crippen molar-refractivity contribution in [3.05, 3.63) is 38.6 Å². The largest absolute Gasteiger partial charge is 0.461 e. The summed E-state index contributed by atoms with van der Waals surface area (Å²) in [6, 6.07) is 1.35. The van der Waals surface area contributed by atoms with Crippen molar-refractivity contribution in [2.45, 2.75) is 38.2 Å². The highest BCUT2D eigenvalue weighted by Crippen LogP contribution is 2.29. The zero-order chi connectivity index (χ0) is 20.5. The van der Waals surface area contributed by atoms with Gasteiger partial charge in [0.1, 0.15) is 17.2 Å². The molecule has 2 aromatic heterocycles. The minimum atomic E-state index is -3.82. The van der Waals surface area contributed by atoms with E-state index in [2.05, 4.69) is 5.16 Å². The van der Waals surface area contributed by atoms with Crippen molar-refractivity contribution in [3.8, 4) is 0 Å². The maximum absolute atomic E-state index is 12.9. The van der Waals surface area contributed by atoms with Gasteiger partial charge in [-0.25, -0.2) is 8.42 Å². The average Bonchev–Trinajstić information content (AvgIpc) is 3.26. The molecule has 1 aliphatic heterocycles. The molecule has 12 heteroatoms. The molecule has 10 nitrogen and oxygen atoms in total. The Hall–Kier alpha value is -2.31. The van der Waals surface area contributed by atoms with E-state index in [1.807, 2.05) is 0 Å². The van der Waals surface area contributed by atoms with Crippen molar-refractivity contribution in [2.24, 2.45) is 5.92 Å². The van der Waals surface area contributed by atoms with E-state index in [-0.39, 0.29) is 34.5 Å². The van der Waals surface area contributed by atoms with Gasteiger partial charge in [-0.1, -0.05) is 16.5 Å². The second kappa shape index (κ2) is 7.97. The molecule has 152 valence electrons.